The second-order valence-electron chi connectivity index (χ2n) is 8.70. The standard InChI is InChI=1S/C24H29N3O7/c1-13(2)14-7-6-10-16(11-14)27-23(33)18(21(31)25-12-17(28)29)20(30)19(24(27)34)22(32)26-15-8-4-3-5-9-15/h6-7,10-11,13,15,30,34H,3-5,8-9,12H2,1-2H3,(H,25,31)(H,26,32)(H,28,29). The molecule has 34 heavy (non-hydrogen) atoms. The minimum Gasteiger partial charge on any atom is -0.506 e. The summed E-state index contributed by atoms with van der Waals surface area (Å²) >= 11 is 0. The van der Waals surface area contributed by atoms with Crippen LogP contribution in [-0.4, -0.2) is 50.3 Å². The van der Waals surface area contributed by atoms with Crippen LogP contribution < -0.4 is 16.2 Å². The van der Waals surface area contributed by atoms with Gasteiger partial charge in [-0.05, 0) is 36.5 Å². The molecular formula is C24H29N3O7. The highest BCUT2D eigenvalue weighted by Crippen LogP contribution is 2.31. The van der Waals surface area contributed by atoms with Gasteiger partial charge in [0, 0.05) is 6.04 Å². The second kappa shape index (κ2) is 10.4. The van der Waals surface area contributed by atoms with Crippen LogP contribution in [0.4, 0.5) is 0 Å². The summed E-state index contributed by atoms with van der Waals surface area (Å²) in [6.07, 6.45) is 4.36. The van der Waals surface area contributed by atoms with Gasteiger partial charge in [0.25, 0.3) is 17.4 Å². The fourth-order valence-corrected chi connectivity index (χ4v) is 4.08. The summed E-state index contributed by atoms with van der Waals surface area (Å²) in [6, 6.07) is 6.47. The lowest BCUT2D eigenvalue weighted by molar-refractivity contribution is -0.135. The molecule has 10 nitrogen and oxygen atoms in total. The highest BCUT2D eigenvalue weighted by atomic mass is 16.4. The molecule has 0 saturated heterocycles. The van der Waals surface area contributed by atoms with Gasteiger partial charge in [0.1, 0.15) is 17.7 Å². The molecule has 0 radical (unpaired) electrons. The first-order valence-corrected chi connectivity index (χ1v) is 11.2. The van der Waals surface area contributed by atoms with Gasteiger partial charge < -0.3 is 26.0 Å². The van der Waals surface area contributed by atoms with E-state index < -0.39 is 52.6 Å². The minimum atomic E-state index is -1.35. The highest BCUT2D eigenvalue weighted by Gasteiger charge is 2.31. The quantitative estimate of drug-likeness (QED) is 0.414. The van der Waals surface area contributed by atoms with Crippen LogP contribution in [0.2, 0.25) is 0 Å². The monoisotopic (exact) mass is 471 g/mol. The number of hydrogen-bond donors (Lipinski definition) is 5. The molecule has 1 saturated carbocycles. The van der Waals surface area contributed by atoms with Crippen LogP contribution in [0.5, 0.6) is 11.6 Å². The third-order valence-corrected chi connectivity index (χ3v) is 5.92. The van der Waals surface area contributed by atoms with Crippen molar-refractivity contribution in [3.8, 4) is 17.3 Å². The molecule has 5 N–H and O–H groups in total. The van der Waals surface area contributed by atoms with Crippen molar-refractivity contribution in [1.29, 1.82) is 0 Å². The molecule has 10 heteroatoms. The molecule has 0 bridgehead atoms. The number of aliphatic carboxylic acids is 1. The number of aromatic nitrogens is 1. The van der Waals surface area contributed by atoms with Crippen molar-refractivity contribution in [3.63, 3.8) is 0 Å². The predicted molar refractivity (Wildman–Crippen MR) is 124 cm³/mol. The van der Waals surface area contributed by atoms with Crippen LogP contribution in [0.15, 0.2) is 29.1 Å². The fourth-order valence-electron chi connectivity index (χ4n) is 4.08. The molecule has 1 aliphatic rings. The number of carboxylic acids is 1. The van der Waals surface area contributed by atoms with Gasteiger partial charge in [-0.25, -0.2) is 4.57 Å². The number of nitrogens with zero attached hydrogens (tertiary/aromatic N) is 1. The molecule has 1 aromatic heterocycles. The maximum atomic E-state index is 13.2. The Morgan fingerprint density at radius 2 is 1.74 bits per heavy atom. The molecule has 1 aromatic carbocycles. The number of carbonyl (C=O) groups is 3. The van der Waals surface area contributed by atoms with Crippen LogP contribution >= 0.6 is 0 Å². The molecule has 0 atom stereocenters. The third-order valence-electron chi connectivity index (χ3n) is 5.92. The van der Waals surface area contributed by atoms with Crippen LogP contribution in [0, 0.1) is 0 Å². The molecule has 1 aliphatic carbocycles. The number of benzene rings is 1. The van der Waals surface area contributed by atoms with Gasteiger partial charge in [0.2, 0.25) is 5.88 Å². The van der Waals surface area contributed by atoms with E-state index in [4.69, 9.17) is 5.11 Å². The van der Waals surface area contributed by atoms with E-state index in [1.54, 1.807) is 12.1 Å². The summed E-state index contributed by atoms with van der Waals surface area (Å²) < 4.78 is 0.775. The summed E-state index contributed by atoms with van der Waals surface area (Å²) in [4.78, 5) is 49.9. The van der Waals surface area contributed by atoms with E-state index in [0.717, 1.165) is 42.2 Å². The van der Waals surface area contributed by atoms with E-state index in [1.807, 2.05) is 25.2 Å². The molecule has 182 valence electrons. The highest BCUT2D eigenvalue weighted by molar-refractivity contribution is 6.05. The maximum Gasteiger partial charge on any atom is 0.322 e. The van der Waals surface area contributed by atoms with E-state index >= 15 is 0 Å². The Kier molecular flexibility index (Phi) is 7.60. The van der Waals surface area contributed by atoms with Crippen molar-refractivity contribution in [3.05, 3.63) is 51.3 Å². The summed E-state index contributed by atoms with van der Waals surface area (Å²) in [5.41, 5.74) is -1.52. The molecule has 0 unspecified atom stereocenters. The van der Waals surface area contributed by atoms with Crippen molar-refractivity contribution in [2.45, 2.75) is 57.9 Å². The van der Waals surface area contributed by atoms with E-state index in [0.29, 0.717) is 0 Å². The number of amides is 2. The normalized spacial score (nSPS) is 14.1. The Balaban J connectivity index is 2.18. The molecule has 2 aromatic rings. The number of aromatic hydroxyl groups is 2. The lowest BCUT2D eigenvalue weighted by Gasteiger charge is -2.24. The third kappa shape index (κ3) is 5.22. The number of hydrogen-bond acceptors (Lipinski definition) is 6. The Bertz CT molecular complexity index is 1160. The summed E-state index contributed by atoms with van der Waals surface area (Å²) in [5.74, 6) is -5.09. The first kappa shape index (κ1) is 24.8. The van der Waals surface area contributed by atoms with Gasteiger partial charge in [-0.1, -0.05) is 45.2 Å². The van der Waals surface area contributed by atoms with Gasteiger partial charge in [-0.15, -0.1) is 0 Å². The molecule has 3 rings (SSSR count). The number of carboxylic acid groups (broad SMARTS) is 1. The molecule has 1 fully saturated rings. The van der Waals surface area contributed by atoms with Crippen molar-refractivity contribution in [2.24, 2.45) is 0 Å². The molecule has 0 aliphatic heterocycles. The Hall–Kier alpha value is -3.82. The predicted octanol–water partition coefficient (Wildman–Crippen LogP) is 2.25. The van der Waals surface area contributed by atoms with Gasteiger partial charge >= 0.3 is 5.97 Å². The van der Waals surface area contributed by atoms with Crippen molar-refractivity contribution in [2.75, 3.05) is 6.54 Å². The van der Waals surface area contributed by atoms with Crippen LogP contribution in [-0.2, 0) is 4.79 Å². The smallest absolute Gasteiger partial charge is 0.322 e. The molecule has 0 spiro atoms. The number of pyridine rings is 1. The fraction of sp³-hybridized carbons (Fsp3) is 0.417. The van der Waals surface area contributed by atoms with Crippen LogP contribution in [0.3, 0.4) is 0 Å². The average Bonchev–Trinajstić information content (AvgIpc) is 2.78. The lowest BCUT2D eigenvalue weighted by atomic mass is 9.95. The first-order chi connectivity index (χ1) is 16.1. The average molecular weight is 472 g/mol. The van der Waals surface area contributed by atoms with E-state index in [9.17, 15) is 29.4 Å². The van der Waals surface area contributed by atoms with Crippen LogP contribution in [0.25, 0.3) is 5.69 Å². The Morgan fingerprint density at radius 1 is 1.06 bits per heavy atom. The maximum absolute atomic E-state index is 13.2. The van der Waals surface area contributed by atoms with Gasteiger partial charge in [0.05, 0.1) is 5.69 Å². The van der Waals surface area contributed by atoms with Gasteiger partial charge in [-0.2, -0.15) is 0 Å². The Labute approximate surface area is 196 Å². The van der Waals surface area contributed by atoms with E-state index in [1.165, 1.54) is 6.07 Å². The summed E-state index contributed by atoms with van der Waals surface area (Å²) in [6.45, 7) is 3.07. The number of rotatable bonds is 7. The largest absolute Gasteiger partial charge is 0.506 e. The van der Waals surface area contributed by atoms with Crippen molar-refractivity contribution < 1.29 is 29.7 Å². The van der Waals surface area contributed by atoms with Gasteiger partial charge in [-0.3, -0.25) is 19.2 Å². The molecule has 2 amide bonds. The zero-order valence-electron chi connectivity index (χ0n) is 19.1. The molecule has 1 heterocycles. The molecular weight excluding hydrogens is 442 g/mol. The topological polar surface area (TPSA) is 158 Å². The first-order valence-electron chi connectivity index (χ1n) is 11.2. The number of nitrogens with one attached hydrogen (secondary N) is 2. The Morgan fingerprint density at radius 3 is 2.35 bits per heavy atom. The zero-order chi connectivity index (χ0) is 25.0. The van der Waals surface area contributed by atoms with E-state index in [2.05, 4.69) is 5.32 Å². The number of carbonyl (C=O) groups excluding carboxylic acids is 2. The summed E-state index contributed by atoms with van der Waals surface area (Å²) in [7, 11) is 0. The zero-order valence-corrected chi connectivity index (χ0v) is 19.1. The van der Waals surface area contributed by atoms with Gasteiger partial charge in [0.15, 0.2) is 5.75 Å². The second-order valence-corrected chi connectivity index (χ2v) is 8.70. The summed E-state index contributed by atoms with van der Waals surface area (Å²) in [5, 5.41) is 35.4. The van der Waals surface area contributed by atoms with Crippen molar-refractivity contribution >= 4 is 17.8 Å². The van der Waals surface area contributed by atoms with Crippen molar-refractivity contribution in [1.82, 2.24) is 15.2 Å². The minimum absolute atomic E-state index is 0.0855. The van der Waals surface area contributed by atoms with E-state index in [-0.39, 0.29) is 17.6 Å². The lowest BCUT2D eigenvalue weighted by Crippen LogP contribution is -2.39. The SMILES string of the molecule is CC(C)c1cccc(-n2c(O)c(C(=O)NC3CCCCC3)c(O)c(C(=O)NCC(=O)O)c2=O)c1. The van der Waals surface area contributed by atoms with Crippen LogP contribution in [0.1, 0.15) is 78.1 Å².